The molecule has 1 aromatic heterocycles. The molecule has 13 heavy (non-hydrogen) atoms. The van der Waals surface area contributed by atoms with Gasteiger partial charge < -0.3 is 9.94 Å². The molecule has 0 atom stereocenters. The standard InChI is InChI=1S/C9H14N2O2/c1-7(2)4-8-5-10-6-9(13-3)11(8)12/h5-7H,4H2,1-3H3. The predicted molar refractivity (Wildman–Crippen MR) is 48.3 cm³/mol. The summed E-state index contributed by atoms with van der Waals surface area (Å²) in [7, 11) is 1.46. The van der Waals surface area contributed by atoms with Crippen LogP contribution < -0.4 is 9.47 Å². The van der Waals surface area contributed by atoms with Crippen LogP contribution in [0.25, 0.3) is 0 Å². The number of rotatable bonds is 3. The first-order chi connectivity index (χ1) is 6.15. The van der Waals surface area contributed by atoms with Gasteiger partial charge in [0.15, 0.2) is 0 Å². The monoisotopic (exact) mass is 182 g/mol. The van der Waals surface area contributed by atoms with Crippen LogP contribution in [-0.2, 0) is 6.42 Å². The van der Waals surface area contributed by atoms with Gasteiger partial charge in [0.2, 0.25) is 5.69 Å². The van der Waals surface area contributed by atoms with Crippen molar-refractivity contribution in [2.24, 2.45) is 5.92 Å². The van der Waals surface area contributed by atoms with Crippen LogP contribution in [0.1, 0.15) is 19.5 Å². The summed E-state index contributed by atoms with van der Waals surface area (Å²) in [4.78, 5) is 3.92. The van der Waals surface area contributed by atoms with Gasteiger partial charge in [0.25, 0.3) is 0 Å². The largest absolute Gasteiger partial charge is 0.616 e. The molecule has 4 heteroatoms. The molecule has 1 aromatic rings. The Morgan fingerprint density at radius 3 is 2.77 bits per heavy atom. The maximum absolute atomic E-state index is 11.5. The lowest BCUT2D eigenvalue weighted by Gasteiger charge is -2.08. The van der Waals surface area contributed by atoms with E-state index in [2.05, 4.69) is 18.8 Å². The Hall–Kier alpha value is -1.32. The van der Waals surface area contributed by atoms with Crippen molar-refractivity contribution in [3.05, 3.63) is 23.3 Å². The minimum Gasteiger partial charge on any atom is -0.616 e. The van der Waals surface area contributed by atoms with E-state index in [1.807, 2.05) is 0 Å². The van der Waals surface area contributed by atoms with Crippen molar-refractivity contribution in [1.82, 2.24) is 4.98 Å². The van der Waals surface area contributed by atoms with Crippen LogP contribution in [0.4, 0.5) is 0 Å². The molecule has 0 aromatic carbocycles. The average molecular weight is 182 g/mol. The van der Waals surface area contributed by atoms with Gasteiger partial charge in [-0.25, -0.2) is 4.98 Å². The van der Waals surface area contributed by atoms with Gasteiger partial charge >= 0.3 is 5.88 Å². The molecule has 0 saturated heterocycles. The molecule has 0 bridgehead atoms. The molecule has 0 unspecified atom stereocenters. The van der Waals surface area contributed by atoms with Gasteiger partial charge in [0, 0.05) is 6.42 Å². The Morgan fingerprint density at radius 1 is 1.54 bits per heavy atom. The lowest BCUT2D eigenvalue weighted by Crippen LogP contribution is -2.34. The molecule has 0 radical (unpaired) electrons. The summed E-state index contributed by atoms with van der Waals surface area (Å²) in [6.07, 6.45) is 3.71. The smallest absolute Gasteiger partial charge is 0.398 e. The molecule has 0 aliphatic carbocycles. The van der Waals surface area contributed by atoms with Crippen molar-refractivity contribution >= 4 is 0 Å². The van der Waals surface area contributed by atoms with Gasteiger partial charge in [-0.2, -0.15) is 0 Å². The summed E-state index contributed by atoms with van der Waals surface area (Å²) in [5, 5.41) is 11.5. The summed E-state index contributed by atoms with van der Waals surface area (Å²) in [6.45, 7) is 4.11. The highest BCUT2D eigenvalue weighted by molar-refractivity contribution is 4.99. The second-order valence-electron chi connectivity index (χ2n) is 3.33. The van der Waals surface area contributed by atoms with E-state index in [4.69, 9.17) is 4.74 Å². The molecule has 0 amide bonds. The number of aromatic nitrogens is 2. The second kappa shape index (κ2) is 4.07. The van der Waals surface area contributed by atoms with Crippen LogP contribution in [0.15, 0.2) is 12.4 Å². The number of methoxy groups -OCH3 is 1. The maximum atomic E-state index is 11.5. The fourth-order valence-electron chi connectivity index (χ4n) is 1.12. The van der Waals surface area contributed by atoms with Crippen molar-refractivity contribution < 1.29 is 9.47 Å². The maximum Gasteiger partial charge on any atom is 0.398 e. The molecule has 4 nitrogen and oxygen atoms in total. The van der Waals surface area contributed by atoms with Crippen molar-refractivity contribution in [3.63, 3.8) is 0 Å². The molecule has 0 aliphatic rings. The Balaban J connectivity index is 2.94. The summed E-state index contributed by atoms with van der Waals surface area (Å²) in [5.74, 6) is 0.687. The van der Waals surface area contributed by atoms with Crippen LogP contribution in [0, 0.1) is 11.1 Å². The Labute approximate surface area is 77.8 Å². The summed E-state index contributed by atoms with van der Waals surface area (Å²) in [6, 6.07) is 0. The van der Waals surface area contributed by atoms with Crippen molar-refractivity contribution in [2.45, 2.75) is 20.3 Å². The molecular formula is C9H14N2O2. The number of hydrogen-bond acceptors (Lipinski definition) is 3. The first kappa shape index (κ1) is 9.77. The normalized spacial score (nSPS) is 10.5. The van der Waals surface area contributed by atoms with Crippen LogP contribution in [-0.4, -0.2) is 12.1 Å². The molecule has 0 spiro atoms. The van der Waals surface area contributed by atoms with Crippen molar-refractivity contribution in [3.8, 4) is 5.88 Å². The van der Waals surface area contributed by atoms with E-state index in [0.29, 0.717) is 18.0 Å². The van der Waals surface area contributed by atoms with Crippen molar-refractivity contribution in [1.29, 1.82) is 0 Å². The minimum atomic E-state index is 0.248. The summed E-state index contributed by atoms with van der Waals surface area (Å²) >= 11 is 0. The molecule has 72 valence electrons. The third-order valence-corrected chi connectivity index (χ3v) is 1.70. The van der Waals surface area contributed by atoms with E-state index >= 15 is 0 Å². The molecule has 0 aliphatic heterocycles. The fourth-order valence-corrected chi connectivity index (χ4v) is 1.12. The zero-order valence-corrected chi connectivity index (χ0v) is 8.15. The van der Waals surface area contributed by atoms with Gasteiger partial charge in [0.1, 0.15) is 6.20 Å². The summed E-state index contributed by atoms with van der Waals surface area (Å²) < 4.78 is 5.64. The topological polar surface area (TPSA) is 49.1 Å². The second-order valence-corrected chi connectivity index (χ2v) is 3.33. The first-order valence-electron chi connectivity index (χ1n) is 4.25. The lowest BCUT2D eigenvalue weighted by atomic mass is 10.1. The quantitative estimate of drug-likeness (QED) is 0.516. The highest BCUT2D eigenvalue weighted by Gasteiger charge is 2.12. The number of nitrogens with zero attached hydrogens (tertiary/aromatic N) is 2. The first-order valence-corrected chi connectivity index (χ1v) is 4.25. The molecule has 0 saturated carbocycles. The van der Waals surface area contributed by atoms with E-state index in [1.54, 1.807) is 6.20 Å². The molecule has 0 fully saturated rings. The molecular weight excluding hydrogens is 168 g/mol. The highest BCUT2D eigenvalue weighted by atomic mass is 16.5. The average Bonchev–Trinajstić information content (AvgIpc) is 2.08. The third kappa shape index (κ3) is 2.31. The minimum absolute atomic E-state index is 0.248. The molecule has 0 N–H and O–H groups in total. The van der Waals surface area contributed by atoms with E-state index in [9.17, 15) is 5.21 Å². The Bertz CT molecular complexity index is 287. The van der Waals surface area contributed by atoms with E-state index < -0.39 is 0 Å². The highest BCUT2D eigenvalue weighted by Crippen LogP contribution is 2.05. The van der Waals surface area contributed by atoms with E-state index in [1.165, 1.54) is 13.3 Å². The Morgan fingerprint density at radius 2 is 2.23 bits per heavy atom. The van der Waals surface area contributed by atoms with Crippen LogP contribution in [0.5, 0.6) is 5.88 Å². The predicted octanol–water partition coefficient (Wildman–Crippen LogP) is 0.922. The van der Waals surface area contributed by atoms with Crippen LogP contribution in [0.3, 0.4) is 0 Å². The zero-order valence-electron chi connectivity index (χ0n) is 8.15. The van der Waals surface area contributed by atoms with Crippen LogP contribution in [0.2, 0.25) is 0 Å². The number of hydrogen-bond donors (Lipinski definition) is 0. The fraction of sp³-hybridized carbons (Fsp3) is 0.556. The number of ether oxygens (including phenoxy) is 1. The van der Waals surface area contributed by atoms with Gasteiger partial charge in [-0.1, -0.05) is 13.8 Å². The lowest BCUT2D eigenvalue weighted by molar-refractivity contribution is -0.621. The molecule has 1 rings (SSSR count). The Kier molecular flexibility index (Phi) is 3.06. The van der Waals surface area contributed by atoms with Crippen molar-refractivity contribution in [2.75, 3.05) is 7.11 Å². The zero-order chi connectivity index (χ0) is 9.84. The third-order valence-electron chi connectivity index (χ3n) is 1.70. The van der Waals surface area contributed by atoms with Crippen LogP contribution >= 0.6 is 0 Å². The SMILES string of the molecule is COc1cncc(CC(C)C)[n+]1[O-]. The van der Waals surface area contributed by atoms with Gasteiger partial charge in [-0.05, 0) is 5.92 Å². The van der Waals surface area contributed by atoms with Gasteiger partial charge in [0.05, 0.1) is 13.3 Å². The van der Waals surface area contributed by atoms with Gasteiger partial charge in [-0.3, -0.25) is 0 Å². The molecule has 1 heterocycles. The summed E-state index contributed by atoms with van der Waals surface area (Å²) in [5.41, 5.74) is 0.648. The van der Waals surface area contributed by atoms with E-state index in [-0.39, 0.29) is 5.88 Å². The van der Waals surface area contributed by atoms with Gasteiger partial charge in [-0.15, -0.1) is 4.73 Å². The van der Waals surface area contributed by atoms with E-state index in [0.717, 1.165) is 4.73 Å².